The van der Waals surface area contributed by atoms with Crippen LogP contribution < -0.4 is 21.3 Å². The number of ether oxygens (including phenoxy) is 9. The smallest absolute Gasteiger partial charge is 0.409 e. The maximum atomic E-state index is 14.2. The van der Waals surface area contributed by atoms with Crippen LogP contribution in [0.3, 0.4) is 0 Å². The third kappa shape index (κ3) is 24.2. The molecule has 21 nitrogen and oxygen atoms in total. The lowest BCUT2D eigenvalue weighted by molar-refractivity contribution is -0.139. The van der Waals surface area contributed by atoms with Crippen molar-refractivity contribution in [3.63, 3.8) is 0 Å². The molecule has 0 aromatic rings. The second-order valence-corrected chi connectivity index (χ2v) is 14.7. The molecule has 3 atom stereocenters. The number of rotatable bonds is 35. The number of likely N-dealkylation sites (tertiary alicyclic amines) is 1. The van der Waals surface area contributed by atoms with E-state index in [4.69, 9.17) is 42.6 Å². The molecule has 0 radical (unpaired) electrons. The summed E-state index contributed by atoms with van der Waals surface area (Å²) >= 11 is 0. The van der Waals surface area contributed by atoms with Crippen LogP contribution in [-0.4, -0.2) is 160 Å². The first kappa shape index (κ1) is 53.9. The number of amides is 6. The highest BCUT2D eigenvalue weighted by Gasteiger charge is 2.38. The zero-order chi connectivity index (χ0) is 44.6. The molecule has 6 amide bonds. The Labute approximate surface area is 353 Å². The number of carbonyl (C=O) groups excluding carboxylic acids is 7. The number of hydrogen-bond acceptors (Lipinski definition) is 16. The largest absolute Gasteiger partial charge is 0.422 e. The van der Waals surface area contributed by atoms with Crippen LogP contribution in [0.4, 0.5) is 14.4 Å². The monoisotopic (exact) mass is 863 g/mol. The number of unbranched alkanes of at least 4 members (excludes halogenated alkanes) is 2. The van der Waals surface area contributed by atoms with Crippen LogP contribution in [0.15, 0.2) is 0 Å². The van der Waals surface area contributed by atoms with E-state index in [0.29, 0.717) is 58.3 Å². The first-order valence-electron chi connectivity index (χ1n) is 20.4. The lowest BCUT2D eigenvalue weighted by Gasteiger charge is -2.32. The van der Waals surface area contributed by atoms with Crippen molar-refractivity contribution in [3.8, 4) is 0 Å². The number of methoxy groups -OCH3 is 3. The molecule has 1 fully saturated rings. The highest BCUT2D eigenvalue weighted by Crippen LogP contribution is 2.32. The van der Waals surface area contributed by atoms with Crippen LogP contribution in [-0.2, 0) is 61.8 Å². The number of Topliss-reactive ketones (excluding diaryl/α,β-unsaturated/α-hetero) is 1. The van der Waals surface area contributed by atoms with E-state index in [1.807, 2.05) is 0 Å². The molecular formula is C39H69N5O16. The normalized spacial score (nSPS) is 15.0. The minimum atomic E-state index is -1.13. The number of alkyl carbamates (subject to hydrolysis) is 3. The van der Waals surface area contributed by atoms with E-state index >= 15 is 0 Å². The fraction of sp³-hybridized carbons (Fsp3) is 0.821. The first-order chi connectivity index (χ1) is 28.8. The summed E-state index contributed by atoms with van der Waals surface area (Å²) in [4.78, 5) is 90.5. The van der Waals surface area contributed by atoms with E-state index in [0.717, 1.165) is 0 Å². The van der Waals surface area contributed by atoms with Crippen molar-refractivity contribution in [1.29, 1.82) is 0 Å². The molecule has 1 aliphatic rings. The highest BCUT2D eigenvalue weighted by atomic mass is 16.7. The summed E-state index contributed by atoms with van der Waals surface area (Å²) in [6.45, 7) is 6.88. The molecule has 0 bridgehead atoms. The number of nitrogens with one attached hydrogen (secondary N) is 4. The topological polar surface area (TPSA) is 254 Å². The summed E-state index contributed by atoms with van der Waals surface area (Å²) in [5.41, 5.74) is -1.13. The van der Waals surface area contributed by atoms with Crippen LogP contribution in [0.1, 0.15) is 78.6 Å². The van der Waals surface area contributed by atoms with Gasteiger partial charge in [0.15, 0.2) is 26.2 Å². The predicted octanol–water partition coefficient (Wildman–Crippen LogP) is 2.24. The van der Waals surface area contributed by atoms with Crippen molar-refractivity contribution >= 4 is 41.8 Å². The minimum Gasteiger partial charge on any atom is -0.422 e. The molecule has 1 heterocycles. The van der Waals surface area contributed by atoms with Gasteiger partial charge in [-0.25, -0.2) is 14.4 Å². The number of nitrogens with zero attached hydrogens (tertiary/aromatic N) is 1. The molecule has 346 valence electrons. The van der Waals surface area contributed by atoms with Gasteiger partial charge in [0, 0.05) is 71.2 Å². The predicted molar refractivity (Wildman–Crippen MR) is 213 cm³/mol. The number of imide groups is 1. The Balaban J connectivity index is 2.95. The number of carbonyl (C=O) groups is 7. The van der Waals surface area contributed by atoms with Gasteiger partial charge in [-0.05, 0) is 44.9 Å². The second-order valence-electron chi connectivity index (χ2n) is 14.7. The van der Waals surface area contributed by atoms with Gasteiger partial charge in [0.25, 0.3) is 0 Å². The van der Waals surface area contributed by atoms with Crippen LogP contribution in [0, 0.1) is 17.3 Å². The van der Waals surface area contributed by atoms with Gasteiger partial charge in [0.2, 0.25) is 17.7 Å². The summed E-state index contributed by atoms with van der Waals surface area (Å²) < 4.78 is 45.1. The van der Waals surface area contributed by atoms with Crippen molar-refractivity contribution in [2.24, 2.45) is 17.3 Å². The average Bonchev–Trinajstić information content (AvgIpc) is 3.46. The van der Waals surface area contributed by atoms with E-state index in [-0.39, 0.29) is 115 Å². The lowest BCUT2D eigenvalue weighted by Crippen LogP contribution is -2.48. The molecule has 0 saturated carbocycles. The summed E-state index contributed by atoms with van der Waals surface area (Å²) in [5, 5.41) is 10.8. The van der Waals surface area contributed by atoms with Gasteiger partial charge in [-0.2, -0.15) is 0 Å². The van der Waals surface area contributed by atoms with Crippen molar-refractivity contribution in [2.75, 3.05) is 108 Å². The molecular weight excluding hydrogens is 794 g/mol. The lowest BCUT2D eigenvalue weighted by atomic mass is 9.74. The number of hydrogen-bond donors (Lipinski definition) is 4. The maximum absolute atomic E-state index is 14.2. The Morgan fingerprint density at radius 3 is 1.63 bits per heavy atom. The van der Waals surface area contributed by atoms with Gasteiger partial charge in [-0.15, -0.1) is 0 Å². The van der Waals surface area contributed by atoms with E-state index < -0.39 is 35.7 Å². The standard InChI is InChI=1S/C39H69N5O16/c1-29-24-32(45)44(35(29)48)17-11-16-40-34(47)30(12-7-9-14-41-36(49)58-26-55-21-18-52-4)25-39(2,3)33(46)31(43-38(51)60-28-57-23-20-54-6)13-8-10-15-42-37(50)59-27-56-22-19-53-5/h29-31H,7-28H2,1-6H3,(H,40,47)(H,41,49)(H,42,50)(H,43,51). The van der Waals surface area contributed by atoms with E-state index in [1.165, 1.54) is 26.2 Å². The van der Waals surface area contributed by atoms with E-state index in [1.54, 1.807) is 20.8 Å². The molecule has 0 aromatic carbocycles. The molecule has 1 rings (SSSR count). The van der Waals surface area contributed by atoms with Gasteiger partial charge in [-0.1, -0.05) is 27.2 Å². The SMILES string of the molecule is COCCOCOC(=O)NCCCCC(CC(C)(C)C(=O)C(CCCCNC(=O)OCOCCOC)NC(=O)OCOCCOC)C(=O)NCCCN1C(=O)CC(C)C1=O. The summed E-state index contributed by atoms with van der Waals surface area (Å²) in [6.07, 6.45) is 0.851. The van der Waals surface area contributed by atoms with E-state index in [2.05, 4.69) is 21.3 Å². The van der Waals surface area contributed by atoms with Gasteiger partial charge >= 0.3 is 18.3 Å². The first-order valence-corrected chi connectivity index (χ1v) is 20.4. The molecule has 60 heavy (non-hydrogen) atoms. The van der Waals surface area contributed by atoms with Crippen molar-refractivity contribution in [2.45, 2.75) is 84.6 Å². The Morgan fingerprint density at radius 2 is 1.15 bits per heavy atom. The third-order valence-electron chi connectivity index (χ3n) is 9.28. The molecule has 0 aliphatic carbocycles. The Kier molecular flexibility index (Phi) is 29.3. The minimum absolute atomic E-state index is 0.111. The van der Waals surface area contributed by atoms with Crippen LogP contribution in [0.25, 0.3) is 0 Å². The highest BCUT2D eigenvalue weighted by molar-refractivity contribution is 6.03. The molecule has 1 saturated heterocycles. The van der Waals surface area contributed by atoms with Gasteiger partial charge in [-0.3, -0.25) is 24.1 Å². The van der Waals surface area contributed by atoms with E-state index in [9.17, 15) is 33.6 Å². The molecule has 0 aromatic heterocycles. The van der Waals surface area contributed by atoms with Crippen molar-refractivity contribution in [1.82, 2.24) is 26.2 Å². The zero-order valence-electron chi connectivity index (χ0n) is 36.3. The Bertz CT molecular complexity index is 1290. The van der Waals surface area contributed by atoms with Gasteiger partial charge in [0.05, 0.1) is 45.7 Å². The summed E-state index contributed by atoms with van der Waals surface area (Å²) in [7, 11) is 4.55. The fourth-order valence-electron chi connectivity index (χ4n) is 6.00. The van der Waals surface area contributed by atoms with Crippen molar-refractivity contribution < 1.29 is 76.2 Å². The second kappa shape index (κ2) is 32.6. The quantitative estimate of drug-likeness (QED) is 0.0309. The molecule has 21 heteroatoms. The molecule has 0 spiro atoms. The third-order valence-corrected chi connectivity index (χ3v) is 9.28. The van der Waals surface area contributed by atoms with Gasteiger partial charge < -0.3 is 63.9 Å². The maximum Gasteiger partial charge on any atom is 0.409 e. The zero-order valence-corrected chi connectivity index (χ0v) is 36.3. The number of ketones is 1. The Morgan fingerprint density at radius 1 is 0.667 bits per heavy atom. The van der Waals surface area contributed by atoms with Gasteiger partial charge in [0.1, 0.15) is 0 Å². The van der Waals surface area contributed by atoms with Crippen LogP contribution >= 0.6 is 0 Å². The molecule has 3 unspecified atom stereocenters. The average molecular weight is 864 g/mol. The fourth-order valence-corrected chi connectivity index (χ4v) is 6.00. The van der Waals surface area contributed by atoms with Crippen LogP contribution in [0.5, 0.6) is 0 Å². The summed E-state index contributed by atoms with van der Waals surface area (Å²) in [5.74, 6) is -2.15. The molecule has 4 N–H and O–H groups in total. The molecule has 1 aliphatic heterocycles. The summed E-state index contributed by atoms with van der Waals surface area (Å²) in [6, 6.07) is -1.01. The Hall–Kier alpha value is -4.15. The van der Waals surface area contributed by atoms with Crippen LogP contribution in [0.2, 0.25) is 0 Å². The van der Waals surface area contributed by atoms with Crippen molar-refractivity contribution in [3.05, 3.63) is 0 Å².